The first-order valence-electron chi connectivity index (χ1n) is 6.34. The van der Waals surface area contributed by atoms with Gasteiger partial charge in [-0.05, 0) is 13.0 Å². The highest BCUT2D eigenvalue weighted by atomic mass is 32.1. The molecule has 19 heavy (non-hydrogen) atoms. The Morgan fingerprint density at radius 3 is 2.63 bits per heavy atom. The highest BCUT2D eigenvalue weighted by Crippen LogP contribution is 2.13. The SMILES string of the molecule is Cc1cc(C(N)=S)nc(N2CCN(CCO)CC2)n1. The van der Waals surface area contributed by atoms with Gasteiger partial charge < -0.3 is 15.7 Å². The van der Waals surface area contributed by atoms with E-state index in [1.165, 1.54) is 0 Å². The van der Waals surface area contributed by atoms with Crippen LogP contribution in [-0.4, -0.2) is 64.3 Å². The first kappa shape index (κ1) is 14.1. The molecule has 6 nitrogen and oxygen atoms in total. The molecule has 0 unspecified atom stereocenters. The van der Waals surface area contributed by atoms with Crippen molar-refractivity contribution < 1.29 is 5.11 Å². The standard InChI is InChI=1S/C12H19N5OS/c1-9-8-10(11(13)19)15-12(14-9)17-4-2-16(3-5-17)6-7-18/h8,18H,2-7H2,1H3,(H2,13,19). The van der Waals surface area contributed by atoms with Crippen LogP contribution in [0, 0.1) is 6.92 Å². The zero-order valence-corrected chi connectivity index (χ0v) is 11.9. The van der Waals surface area contributed by atoms with Crippen LogP contribution in [0.3, 0.4) is 0 Å². The fraction of sp³-hybridized carbons (Fsp3) is 0.583. The molecule has 1 saturated heterocycles. The monoisotopic (exact) mass is 281 g/mol. The molecule has 1 aliphatic rings. The largest absolute Gasteiger partial charge is 0.395 e. The van der Waals surface area contributed by atoms with Crippen LogP contribution in [0.2, 0.25) is 0 Å². The second-order valence-corrected chi connectivity index (χ2v) is 5.05. The average molecular weight is 281 g/mol. The molecular formula is C12H19N5OS. The lowest BCUT2D eigenvalue weighted by molar-refractivity contribution is 0.188. The lowest BCUT2D eigenvalue weighted by Gasteiger charge is -2.34. The van der Waals surface area contributed by atoms with Crippen molar-refractivity contribution in [3.8, 4) is 0 Å². The number of rotatable bonds is 4. The van der Waals surface area contributed by atoms with Gasteiger partial charge in [-0.15, -0.1) is 0 Å². The Morgan fingerprint density at radius 1 is 1.37 bits per heavy atom. The van der Waals surface area contributed by atoms with Gasteiger partial charge in [0, 0.05) is 38.4 Å². The molecule has 0 saturated carbocycles. The van der Waals surface area contributed by atoms with Crippen molar-refractivity contribution in [3.63, 3.8) is 0 Å². The Labute approximate surface area is 118 Å². The van der Waals surface area contributed by atoms with Gasteiger partial charge in [0.05, 0.1) is 6.61 Å². The molecule has 0 bridgehead atoms. The minimum absolute atomic E-state index is 0.201. The van der Waals surface area contributed by atoms with E-state index in [1.807, 2.05) is 6.92 Å². The summed E-state index contributed by atoms with van der Waals surface area (Å²) in [5, 5.41) is 8.93. The predicted molar refractivity (Wildman–Crippen MR) is 78.4 cm³/mol. The molecule has 2 rings (SSSR count). The number of aliphatic hydroxyl groups excluding tert-OH is 1. The third-order valence-electron chi connectivity index (χ3n) is 3.17. The van der Waals surface area contributed by atoms with Gasteiger partial charge >= 0.3 is 0 Å². The molecule has 0 aliphatic carbocycles. The zero-order valence-electron chi connectivity index (χ0n) is 11.0. The number of anilines is 1. The number of nitrogens with two attached hydrogens (primary N) is 1. The molecule has 2 heterocycles. The van der Waals surface area contributed by atoms with Crippen LogP contribution in [0.25, 0.3) is 0 Å². The van der Waals surface area contributed by atoms with E-state index >= 15 is 0 Å². The molecule has 3 N–H and O–H groups in total. The molecule has 104 valence electrons. The van der Waals surface area contributed by atoms with Crippen LogP contribution < -0.4 is 10.6 Å². The summed E-state index contributed by atoms with van der Waals surface area (Å²) in [5.41, 5.74) is 7.12. The van der Waals surface area contributed by atoms with E-state index in [9.17, 15) is 0 Å². The van der Waals surface area contributed by atoms with E-state index in [0.717, 1.165) is 38.4 Å². The number of hydrogen-bond acceptors (Lipinski definition) is 6. The van der Waals surface area contributed by atoms with Gasteiger partial charge in [0.25, 0.3) is 0 Å². The molecule has 0 spiro atoms. The Balaban J connectivity index is 2.09. The summed E-state index contributed by atoms with van der Waals surface area (Å²) in [6.45, 7) is 6.34. The fourth-order valence-electron chi connectivity index (χ4n) is 2.13. The van der Waals surface area contributed by atoms with Gasteiger partial charge in [0.2, 0.25) is 5.95 Å². The van der Waals surface area contributed by atoms with Crippen LogP contribution in [0.5, 0.6) is 0 Å². The molecule has 0 aromatic carbocycles. The summed E-state index contributed by atoms with van der Waals surface area (Å²) >= 11 is 4.97. The lowest BCUT2D eigenvalue weighted by Crippen LogP contribution is -2.47. The van der Waals surface area contributed by atoms with E-state index in [2.05, 4.69) is 19.8 Å². The summed E-state index contributed by atoms with van der Waals surface area (Å²) in [6.07, 6.45) is 0. The molecular weight excluding hydrogens is 262 g/mol. The van der Waals surface area contributed by atoms with E-state index in [0.29, 0.717) is 16.6 Å². The Bertz CT molecular complexity index is 459. The highest BCUT2D eigenvalue weighted by Gasteiger charge is 2.19. The second kappa shape index (κ2) is 6.23. The number of aromatic nitrogens is 2. The van der Waals surface area contributed by atoms with E-state index in [1.54, 1.807) is 6.07 Å². The van der Waals surface area contributed by atoms with Crippen molar-refractivity contribution in [3.05, 3.63) is 17.5 Å². The maximum atomic E-state index is 8.93. The third-order valence-corrected chi connectivity index (χ3v) is 3.38. The maximum absolute atomic E-state index is 8.93. The Hall–Kier alpha value is -1.31. The predicted octanol–water partition coefficient (Wildman–Crippen LogP) is -0.466. The molecule has 1 aromatic heterocycles. The third kappa shape index (κ3) is 3.59. The van der Waals surface area contributed by atoms with E-state index in [-0.39, 0.29) is 6.61 Å². The van der Waals surface area contributed by atoms with Crippen molar-refractivity contribution in [2.45, 2.75) is 6.92 Å². The van der Waals surface area contributed by atoms with Gasteiger partial charge in [-0.1, -0.05) is 12.2 Å². The molecule has 7 heteroatoms. The van der Waals surface area contributed by atoms with Crippen LogP contribution in [-0.2, 0) is 0 Å². The molecule has 1 aromatic rings. The molecule has 0 amide bonds. The zero-order chi connectivity index (χ0) is 13.8. The number of thiocarbonyl (C=S) groups is 1. The minimum atomic E-state index is 0.201. The van der Waals surface area contributed by atoms with Crippen LogP contribution in [0.4, 0.5) is 5.95 Å². The van der Waals surface area contributed by atoms with Crippen molar-refractivity contribution in [2.75, 3.05) is 44.2 Å². The summed E-state index contributed by atoms with van der Waals surface area (Å²) < 4.78 is 0. The molecule has 1 fully saturated rings. The van der Waals surface area contributed by atoms with E-state index in [4.69, 9.17) is 23.1 Å². The summed E-state index contributed by atoms with van der Waals surface area (Å²) in [7, 11) is 0. The van der Waals surface area contributed by atoms with Crippen molar-refractivity contribution in [1.82, 2.24) is 14.9 Å². The van der Waals surface area contributed by atoms with E-state index < -0.39 is 0 Å². The van der Waals surface area contributed by atoms with Crippen molar-refractivity contribution in [2.24, 2.45) is 5.73 Å². The number of aryl methyl sites for hydroxylation is 1. The number of hydrogen-bond donors (Lipinski definition) is 2. The molecule has 1 aliphatic heterocycles. The first-order chi connectivity index (χ1) is 9.10. The summed E-state index contributed by atoms with van der Waals surface area (Å²) in [5.74, 6) is 0.687. The normalized spacial score (nSPS) is 16.6. The average Bonchev–Trinajstić information content (AvgIpc) is 2.39. The van der Waals surface area contributed by atoms with Gasteiger partial charge in [0.1, 0.15) is 10.7 Å². The van der Waals surface area contributed by atoms with Crippen molar-refractivity contribution >= 4 is 23.2 Å². The lowest BCUT2D eigenvalue weighted by atomic mass is 10.3. The topological polar surface area (TPSA) is 78.5 Å². The number of β-amino-alcohol motifs (C(OH)–C–C–N with tert-alkyl or cyclic N) is 1. The van der Waals surface area contributed by atoms with Crippen LogP contribution in [0.1, 0.15) is 11.4 Å². The summed E-state index contributed by atoms with van der Waals surface area (Å²) in [4.78, 5) is 13.5. The number of piperazine rings is 1. The second-order valence-electron chi connectivity index (χ2n) is 4.61. The quantitative estimate of drug-likeness (QED) is 0.723. The van der Waals surface area contributed by atoms with Crippen LogP contribution in [0.15, 0.2) is 6.07 Å². The van der Waals surface area contributed by atoms with Gasteiger partial charge in [-0.25, -0.2) is 9.97 Å². The smallest absolute Gasteiger partial charge is 0.226 e. The molecule has 0 radical (unpaired) electrons. The maximum Gasteiger partial charge on any atom is 0.226 e. The van der Waals surface area contributed by atoms with Gasteiger partial charge in [0.15, 0.2) is 0 Å². The molecule has 0 atom stereocenters. The summed E-state index contributed by atoms with van der Waals surface area (Å²) in [6, 6.07) is 1.80. The first-order valence-corrected chi connectivity index (χ1v) is 6.74. The fourth-order valence-corrected chi connectivity index (χ4v) is 2.24. The Kier molecular flexibility index (Phi) is 4.62. The van der Waals surface area contributed by atoms with Crippen LogP contribution >= 0.6 is 12.2 Å². The van der Waals surface area contributed by atoms with Gasteiger partial charge in [-0.2, -0.15) is 0 Å². The minimum Gasteiger partial charge on any atom is -0.395 e. The highest BCUT2D eigenvalue weighted by molar-refractivity contribution is 7.80. The van der Waals surface area contributed by atoms with Crippen molar-refractivity contribution in [1.29, 1.82) is 0 Å². The Morgan fingerprint density at radius 2 is 2.05 bits per heavy atom. The number of aliphatic hydroxyl groups is 1. The number of nitrogens with zero attached hydrogens (tertiary/aromatic N) is 4. The van der Waals surface area contributed by atoms with Gasteiger partial charge in [-0.3, -0.25) is 4.90 Å².